The van der Waals surface area contributed by atoms with E-state index in [1.54, 1.807) is 0 Å². The molecule has 0 N–H and O–H groups in total. The van der Waals surface area contributed by atoms with Gasteiger partial charge in [0.2, 0.25) is 0 Å². The van der Waals surface area contributed by atoms with Gasteiger partial charge < -0.3 is 0 Å². The fourth-order valence-electron chi connectivity index (χ4n) is 1.08. The van der Waals surface area contributed by atoms with Crippen molar-refractivity contribution < 1.29 is 13.2 Å². The van der Waals surface area contributed by atoms with Crippen LogP contribution in [0.5, 0.6) is 0 Å². The quantitative estimate of drug-likeness (QED) is 0.608. The summed E-state index contributed by atoms with van der Waals surface area (Å²) in [6.45, 7) is 0. The first kappa shape index (κ1) is 8.22. The fourth-order valence-corrected chi connectivity index (χ4v) is 1.08. The molecule has 2 nitrogen and oxygen atoms in total. The molecule has 0 bridgehead atoms. The minimum Gasteiger partial charge on any atom is -0.241 e. The summed E-state index contributed by atoms with van der Waals surface area (Å²) in [7, 11) is 0. The second-order valence-electron chi connectivity index (χ2n) is 2.61. The maximum atomic E-state index is 12.1. The molecule has 2 heterocycles. The van der Waals surface area contributed by atoms with Crippen LogP contribution in [0.4, 0.5) is 19.0 Å². The van der Waals surface area contributed by atoms with Crippen molar-refractivity contribution in [2.75, 3.05) is 0 Å². The van der Waals surface area contributed by atoms with Gasteiger partial charge in [-0.25, -0.2) is 9.98 Å². The third-order valence-electron chi connectivity index (χ3n) is 1.69. The van der Waals surface area contributed by atoms with Gasteiger partial charge in [0.1, 0.15) is 0 Å². The normalized spacial score (nSPS) is 14.7. The topological polar surface area (TPSA) is 25.2 Å². The Bertz CT molecular complexity index is 368. The summed E-state index contributed by atoms with van der Waals surface area (Å²) in [5.74, 6) is 0.341. The molecule has 2 rings (SSSR count). The van der Waals surface area contributed by atoms with Crippen molar-refractivity contribution in [2.45, 2.75) is 12.6 Å². The minimum atomic E-state index is -4.37. The van der Waals surface area contributed by atoms with E-state index in [4.69, 9.17) is 0 Å². The highest BCUT2D eigenvalue weighted by Crippen LogP contribution is 2.31. The lowest BCUT2D eigenvalue weighted by Gasteiger charge is -2.05. The molecule has 0 aromatic carbocycles. The molecule has 0 amide bonds. The van der Waals surface area contributed by atoms with Crippen LogP contribution in [0, 0.1) is 6.07 Å². The molecule has 5 heteroatoms. The lowest BCUT2D eigenvalue weighted by atomic mass is 10.1. The van der Waals surface area contributed by atoms with Gasteiger partial charge in [-0.05, 0) is 0 Å². The number of nitrogens with zero attached hydrogens (tertiary/aromatic N) is 2. The van der Waals surface area contributed by atoms with E-state index in [0.29, 0.717) is 17.8 Å². The summed E-state index contributed by atoms with van der Waals surface area (Å²) in [5, 5.41) is 0. The van der Waals surface area contributed by atoms with Crippen LogP contribution >= 0.6 is 0 Å². The van der Waals surface area contributed by atoms with Crippen molar-refractivity contribution in [1.82, 2.24) is 4.98 Å². The predicted octanol–water partition coefficient (Wildman–Crippen LogP) is 2.16. The van der Waals surface area contributed by atoms with Crippen LogP contribution in [0.2, 0.25) is 0 Å². The molecule has 13 heavy (non-hydrogen) atoms. The number of aromatic nitrogens is 1. The van der Waals surface area contributed by atoms with Crippen molar-refractivity contribution in [3.8, 4) is 0 Å². The molecule has 1 aromatic heterocycles. The second-order valence-corrected chi connectivity index (χ2v) is 2.61. The van der Waals surface area contributed by atoms with Gasteiger partial charge in [-0.3, -0.25) is 0 Å². The Balaban J connectivity index is 2.45. The average molecular weight is 185 g/mol. The molecule has 1 aliphatic rings. The molecular formula is C8H4F3N2. The largest absolute Gasteiger partial charge is 0.418 e. The summed E-state index contributed by atoms with van der Waals surface area (Å²) < 4.78 is 36.4. The number of alkyl halides is 3. The Morgan fingerprint density at radius 1 is 1.38 bits per heavy atom. The molecule has 1 radical (unpaired) electrons. The second kappa shape index (κ2) is 2.55. The number of hydrogen-bond donors (Lipinski definition) is 0. The summed E-state index contributed by atoms with van der Waals surface area (Å²) in [5.41, 5.74) is -0.424. The van der Waals surface area contributed by atoms with E-state index in [9.17, 15) is 13.2 Å². The Kier molecular flexibility index (Phi) is 1.61. The number of aliphatic imine (C=N–C) groups is 1. The average Bonchev–Trinajstić information content (AvgIpc) is 2.47. The Morgan fingerprint density at radius 3 is 2.85 bits per heavy atom. The van der Waals surface area contributed by atoms with E-state index < -0.39 is 11.7 Å². The molecule has 0 unspecified atom stereocenters. The summed E-state index contributed by atoms with van der Waals surface area (Å²) >= 11 is 0. The third kappa shape index (κ3) is 1.41. The zero-order valence-corrected chi connectivity index (χ0v) is 6.39. The first-order valence-corrected chi connectivity index (χ1v) is 3.58. The van der Waals surface area contributed by atoms with Crippen LogP contribution in [-0.4, -0.2) is 11.2 Å². The smallest absolute Gasteiger partial charge is 0.241 e. The number of fused-ring (bicyclic) bond motifs is 1. The Morgan fingerprint density at radius 2 is 2.15 bits per heavy atom. The van der Waals surface area contributed by atoms with E-state index >= 15 is 0 Å². The molecule has 0 atom stereocenters. The van der Waals surface area contributed by atoms with Crippen LogP contribution < -0.4 is 0 Å². The predicted molar refractivity (Wildman–Crippen MR) is 39.9 cm³/mol. The molecule has 0 fully saturated rings. The number of halogens is 3. The van der Waals surface area contributed by atoms with E-state index in [2.05, 4.69) is 16.0 Å². The van der Waals surface area contributed by atoms with Gasteiger partial charge in [0.15, 0.2) is 5.82 Å². The Hall–Kier alpha value is -1.39. The summed E-state index contributed by atoms with van der Waals surface area (Å²) in [6.07, 6.45) is -1.72. The van der Waals surface area contributed by atoms with Crippen molar-refractivity contribution >= 4 is 12.0 Å². The van der Waals surface area contributed by atoms with Gasteiger partial charge >= 0.3 is 6.18 Å². The van der Waals surface area contributed by atoms with Gasteiger partial charge in [-0.1, -0.05) is 0 Å². The van der Waals surface area contributed by atoms with E-state index in [0.717, 1.165) is 6.20 Å². The Labute approximate surface area is 72.1 Å². The highest BCUT2D eigenvalue weighted by molar-refractivity contribution is 5.73. The number of rotatable bonds is 0. The van der Waals surface area contributed by atoms with Crippen LogP contribution in [0.25, 0.3) is 0 Å². The maximum Gasteiger partial charge on any atom is 0.418 e. The molecule has 0 saturated carbocycles. The summed E-state index contributed by atoms with van der Waals surface area (Å²) in [4.78, 5) is 7.36. The van der Waals surface area contributed by atoms with Gasteiger partial charge in [-0.2, -0.15) is 13.2 Å². The van der Waals surface area contributed by atoms with Crippen LogP contribution in [-0.2, 0) is 12.6 Å². The van der Waals surface area contributed by atoms with E-state index in [-0.39, 0.29) is 0 Å². The van der Waals surface area contributed by atoms with Gasteiger partial charge in [-0.15, -0.1) is 0 Å². The van der Waals surface area contributed by atoms with E-state index in [1.165, 1.54) is 6.21 Å². The van der Waals surface area contributed by atoms with Gasteiger partial charge in [0.25, 0.3) is 0 Å². The zero-order chi connectivity index (χ0) is 9.47. The van der Waals surface area contributed by atoms with Gasteiger partial charge in [0.05, 0.1) is 5.56 Å². The maximum absolute atomic E-state index is 12.1. The highest BCUT2D eigenvalue weighted by Gasteiger charge is 2.32. The highest BCUT2D eigenvalue weighted by atomic mass is 19.4. The molecule has 0 aliphatic carbocycles. The summed E-state index contributed by atoms with van der Waals surface area (Å²) in [6, 6.07) is 2.25. The fraction of sp³-hybridized carbons (Fsp3) is 0.250. The van der Waals surface area contributed by atoms with Crippen molar-refractivity contribution in [3.63, 3.8) is 0 Å². The number of hydrogen-bond acceptors (Lipinski definition) is 2. The zero-order valence-electron chi connectivity index (χ0n) is 6.39. The van der Waals surface area contributed by atoms with Crippen LogP contribution in [0.3, 0.4) is 0 Å². The van der Waals surface area contributed by atoms with Crippen LogP contribution in [0.15, 0.2) is 11.2 Å². The SMILES string of the molecule is FC(F)(F)c1[c]c2c(nc1)N=CC2. The number of pyridine rings is 1. The minimum absolute atomic E-state index is 0.341. The first-order valence-electron chi connectivity index (χ1n) is 3.58. The molecule has 1 aromatic rings. The van der Waals surface area contributed by atoms with Crippen molar-refractivity contribution in [2.24, 2.45) is 4.99 Å². The molecular weight excluding hydrogens is 181 g/mol. The molecule has 1 aliphatic heterocycles. The van der Waals surface area contributed by atoms with E-state index in [1.807, 2.05) is 0 Å². The lowest BCUT2D eigenvalue weighted by molar-refractivity contribution is -0.138. The molecule has 0 saturated heterocycles. The van der Waals surface area contributed by atoms with Crippen LogP contribution in [0.1, 0.15) is 11.1 Å². The standard InChI is InChI=1S/C8H4F3N2/c9-8(10,11)6-3-5-1-2-12-7(5)13-4-6/h2,4H,1H2. The van der Waals surface area contributed by atoms with Crippen molar-refractivity contribution in [1.29, 1.82) is 0 Å². The van der Waals surface area contributed by atoms with Crippen molar-refractivity contribution in [3.05, 3.63) is 23.4 Å². The third-order valence-corrected chi connectivity index (χ3v) is 1.69. The first-order chi connectivity index (χ1) is 6.07. The molecule has 0 spiro atoms. The van der Waals surface area contributed by atoms with Gasteiger partial charge in [0, 0.05) is 30.5 Å². The monoisotopic (exact) mass is 185 g/mol. The lowest BCUT2D eigenvalue weighted by Crippen LogP contribution is -2.06. The molecule has 67 valence electrons.